The number of nitrogens with zero attached hydrogens (tertiary/aromatic N) is 4. The number of imidazole rings is 1. The van der Waals surface area contributed by atoms with Crippen LogP contribution in [0.1, 0.15) is 53.6 Å². The molecule has 8 nitrogen and oxygen atoms in total. The fourth-order valence-electron chi connectivity index (χ4n) is 4.41. The first kappa shape index (κ1) is 20.6. The van der Waals surface area contributed by atoms with E-state index in [1.807, 2.05) is 18.2 Å². The van der Waals surface area contributed by atoms with Gasteiger partial charge >= 0.3 is 5.97 Å². The van der Waals surface area contributed by atoms with E-state index in [1.165, 1.54) is 12.7 Å². The van der Waals surface area contributed by atoms with Gasteiger partial charge in [-0.15, -0.1) is 0 Å². The van der Waals surface area contributed by atoms with Gasteiger partial charge in [-0.3, -0.25) is 0 Å². The van der Waals surface area contributed by atoms with Gasteiger partial charge in [-0.25, -0.2) is 19.7 Å². The average molecular weight is 434 g/mol. The second kappa shape index (κ2) is 8.70. The molecule has 0 bridgehead atoms. The lowest BCUT2D eigenvalue weighted by Gasteiger charge is -2.27. The van der Waals surface area contributed by atoms with Crippen molar-refractivity contribution in [1.82, 2.24) is 19.5 Å². The van der Waals surface area contributed by atoms with Gasteiger partial charge in [-0.05, 0) is 43.9 Å². The molecular weight excluding hydrogens is 408 g/mol. The molecule has 3 aromatic heterocycles. The molecule has 0 aromatic carbocycles. The van der Waals surface area contributed by atoms with Crippen LogP contribution in [0.4, 0.5) is 0 Å². The maximum Gasteiger partial charge on any atom is 0.356 e. The first-order valence-corrected chi connectivity index (χ1v) is 11.0. The number of esters is 1. The molecular formula is C24H26N4O4. The monoisotopic (exact) mass is 434 g/mol. The minimum absolute atomic E-state index is 0.0723. The second-order valence-electron chi connectivity index (χ2n) is 8.38. The lowest BCUT2D eigenvalue weighted by molar-refractivity contribution is -0.0590. The molecule has 1 aliphatic heterocycles. The van der Waals surface area contributed by atoms with E-state index in [0.29, 0.717) is 18.1 Å². The average Bonchev–Trinajstić information content (AvgIpc) is 3.12. The van der Waals surface area contributed by atoms with Crippen LogP contribution < -0.4 is 0 Å². The molecule has 5 rings (SSSR count). The fraction of sp³-hybridized carbons (Fsp3) is 0.417. The Morgan fingerprint density at radius 2 is 2.09 bits per heavy atom. The molecule has 32 heavy (non-hydrogen) atoms. The van der Waals surface area contributed by atoms with Gasteiger partial charge in [0.15, 0.2) is 11.3 Å². The number of fused-ring (bicyclic) bond motifs is 1. The second-order valence-corrected chi connectivity index (χ2v) is 8.38. The van der Waals surface area contributed by atoms with Gasteiger partial charge in [-0.2, -0.15) is 0 Å². The summed E-state index contributed by atoms with van der Waals surface area (Å²) in [6, 6.07) is 8.91. The maximum atomic E-state index is 12.0. The first-order chi connectivity index (χ1) is 15.6. The predicted molar refractivity (Wildman–Crippen MR) is 118 cm³/mol. The third kappa shape index (κ3) is 4.10. The summed E-state index contributed by atoms with van der Waals surface area (Å²) in [5.41, 5.74) is 4.01. The van der Waals surface area contributed by atoms with E-state index in [9.17, 15) is 9.90 Å². The van der Waals surface area contributed by atoms with E-state index in [2.05, 4.69) is 20.6 Å². The fourth-order valence-corrected chi connectivity index (χ4v) is 4.41. The van der Waals surface area contributed by atoms with Crippen molar-refractivity contribution in [2.24, 2.45) is 0 Å². The minimum atomic E-state index is -0.456. The first-order valence-electron chi connectivity index (χ1n) is 11.0. The molecule has 0 spiro atoms. The highest BCUT2D eigenvalue weighted by Crippen LogP contribution is 2.33. The topological polar surface area (TPSA) is 99.4 Å². The minimum Gasteiger partial charge on any atom is -0.493 e. The zero-order valence-electron chi connectivity index (χ0n) is 18.0. The molecule has 8 heteroatoms. The molecule has 1 N–H and O–H groups in total. The quantitative estimate of drug-likeness (QED) is 0.468. The number of rotatable bonds is 6. The third-order valence-electron chi connectivity index (χ3n) is 6.31. The standard InChI is InChI=1S/C24H26N4O4/c1-31-24(30)20-10-9-19-23(27-20)28(14-17-11-12-32-17)21(25-19)13-15-5-7-16(8-6-15)18-3-2-4-22(29)26-18/h2-5,9-10,16-17H,6-8,11-14H2,1H3,(H,26,29)/t16?,17-/m0/s1. The zero-order valence-corrected chi connectivity index (χ0v) is 18.0. The molecule has 2 aliphatic rings. The predicted octanol–water partition coefficient (Wildman–Crippen LogP) is 3.54. The number of hydrogen-bond donors (Lipinski definition) is 1. The van der Waals surface area contributed by atoms with Gasteiger partial charge in [0.1, 0.15) is 11.3 Å². The molecule has 1 unspecified atom stereocenters. The number of aromatic hydroxyl groups is 1. The van der Waals surface area contributed by atoms with Crippen LogP contribution in [-0.2, 0) is 22.4 Å². The molecule has 2 atom stereocenters. The number of methoxy groups -OCH3 is 1. The summed E-state index contributed by atoms with van der Waals surface area (Å²) in [6.07, 6.45) is 6.99. The largest absolute Gasteiger partial charge is 0.493 e. The molecule has 166 valence electrons. The van der Waals surface area contributed by atoms with Gasteiger partial charge in [0.2, 0.25) is 5.88 Å². The molecule has 1 saturated heterocycles. The molecule has 3 aromatic rings. The van der Waals surface area contributed by atoms with Crippen LogP contribution in [0.5, 0.6) is 5.88 Å². The Balaban J connectivity index is 1.40. The molecule has 4 heterocycles. The van der Waals surface area contributed by atoms with Crippen molar-refractivity contribution < 1.29 is 19.4 Å². The van der Waals surface area contributed by atoms with E-state index in [-0.39, 0.29) is 17.7 Å². The van der Waals surface area contributed by atoms with E-state index >= 15 is 0 Å². The normalized spacial score (nSPS) is 20.6. The summed E-state index contributed by atoms with van der Waals surface area (Å²) < 4.78 is 12.6. The smallest absolute Gasteiger partial charge is 0.356 e. The third-order valence-corrected chi connectivity index (χ3v) is 6.31. The van der Waals surface area contributed by atoms with E-state index < -0.39 is 5.97 Å². The number of carbonyl (C=O) groups is 1. The number of allylic oxidation sites excluding steroid dienone is 2. The molecule has 0 saturated carbocycles. The Labute approximate surface area is 185 Å². The number of hydrogen-bond acceptors (Lipinski definition) is 7. The lowest BCUT2D eigenvalue weighted by atomic mass is 9.86. The van der Waals surface area contributed by atoms with Crippen LogP contribution in [0.2, 0.25) is 0 Å². The van der Waals surface area contributed by atoms with E-state index in [4.69, 9.17) is 14.5 Å². The van der Waals surface area contributed by atoms with Crippen molar-refractivity contribution in [1.29, 1.82) is 0 Å². The summed E-state index contributed by atoms with van der Waals surface area (Å²) in [5, 5.41) is 9.67. The van der Waals surface area contributed by atoms with Crippen molar-refractivity contribution in [2.45, 2.75) is 50.7 Å². The van der Waals surface area contributed by atoms with E-state index in [0.717, 1.165) is 55.7 Å². The van der Waals surface area contributed by atoms with Gasteiger partial charge in [-0.1, -0.05) is 17.7 Å². The van der Waals surface area contributed by atoms with Crippen molar-refractivity contribution >= 4 is 17.1 Å². The van der Waals surface area contributed by atoms with Crippen LogP contribution in [0.25, 0.3) is 11.2 Å². The van der Waals surface area contributed by atoms with Crippen molar-refractivity contribution in [3.05, 3.63) is 59.2 Å². The Morgan fingerprint density at radius 1 is 1.22 bits per heavy atom. The maximum absolute atomic E-state index is 12.0. The van der Waals surface area contributed by atoms with Crippen LogP contribution >= 0.6 is 0 Å². The SMILES string of the molecule is COC(=O)c1ccc2nc(CC3=CCC(c4cccc(O)n4)CC3)n(C[C@@H]3CCO3)c2n1. The Bertz CT molecular complexity index is 1180. The van der Waals surface area contributed by atoms with Crippen molar-refractivity contribution in [3.8, 4) is 5.88 Å². The highest BCUT2D eigenvalue weighted by Gasteiger charge is 2.25. The lowest BCUT2D eigenvalue weighted by Crippen LogP contribution is -2.32. The number of pyridine rings is 2. The van der Waals surface area contributed by atoms with E-state index in [1.54, 1.807) is 12.1 Å². The zero-order chi connectivity index (χ0) is 22.1. The number of carbonyl (C=O) groups excluding carboxylic acids is 1. The summed E-state index contributed by atoms with van der Waals surface area (Å²) in [5.74, 6) is 0.869. The van der Waals surface area contributed by atoms with Crippen LogP contribution in [0.3, 0.4) is 0 Å². The molecule has 0 radical (unpaired) electrons. The van der Waals surface area contributed by atoms with Gasteiger partial charge < -0.3 is 19.1 Å². The van der Waals surface area contributed by atoms with Crippen LogP contribution in [-0.4, -0.2) is 50.4 Å². The molecule has 1 fully saturated rings. The Morgan fingerprint density at radius 3 is 2.78 bits per heavy atom. The Kier molecular flexibility index (Phi) is 5.61. The van der Waals surface area contributed by atoms with Gasteiger partial charge in [0.25, 0.3) is 0 Å². The van der Waals surface area contributed by atoms with Crippen molar-refractivity contribution in [3.63, 3.8) is 0 Å². The molecule has 0 amide bonds. The molecule has 1 aliphatic carbocycles. The van der Waals surface area contributed by atoms with Crippen molar-refractivity contribution in [2.75, 3.05) is 13.7 Å². The van der Waals surface area contributed by atoms with Crippen LogP contribution in [0, 0.1) is 0 Å². The summed E-state index contributed by atoms with van der Waals surface area (Å²) in [6.45, 7) is 1.45. The number of aromatic nitrogens is 4. The highest BCUT2D eigenvalue weighted by molar-refractivity contribution is 5.89. The van der Waals surface area contributed by atoms with Crippen LogP contribution in [0.15, 0.2) is 42.0 Å². The van der Waals surface area contributed by atoms with Gasteiger partial charge in [0.05, 0.1) is 19.8 Å². The summed E-state index contributed by atoms with van der Waals surface area (Å²) in [7, 11) is 1.36. The summed E-state index contributed by atoms with van der Waals surface area (Å²) in [4.78, 5) is 25.6. The summed E-state index contributed by atoms with van der Waals surface area (Å²) >= 11 is 0. The van der Waals surface area contributed by atoms with Gasteiger partial charge in [0, 0.05) is 30.7 Å². The Hall–Kier alpha value is -3.26. The highest BCUT2D eigenvalue weighted by atomic mass is 16.5. The number of ether oxygens (including phenoxy) is 2.